The fourth-order valence-corrected chi connectivity index (χ4v) is 1.32. The zero-order valence-corrected chi connectivity index (χ0v) is 8.95. The molecule has 17 heavy (non-hydrogen) atoms. The van der Waals surface area contributed by atoms with Crippen LogP contribution in [0.15, 0.2) is 24.3 Å². The van der Waals surface area contributed by atoms with E-state index in [1.807, 2.05) is 0 Å². The Labute approximate surface area is 96.1 Å². The van der Waals surface area contributed by atoms with Crippen molar-refractivity contribution in [3.63, 3.8) is 0 Å². The second-order valence-corrected chi connectivity index (χ2v) is 3.41. The number of hydrogen-bond donors (Lipinski definition) is 1. The summed E-state index contributed by atoms with van der Waals surface area (Å²) in [6.07, 6.45) is 0. The van der Waals surface area contributed by atoms with Gasteiger partial charge in [-0.2, -0.15) is 4.98 Å². The van der Waals surface area contributed by atoms with Crippen LogP contribution in [0, 0.1) is 18.6 Å². The molecule has 2 aromatic rings. The fourth-order valence-electron chi connectivity index (χ4n) is 1.32. The summed E-state index contributed by atoms with van der Waals surface area (Å²) in [5.41, 5.74) is 6.02. The highest BCUT2D eigenvalue weighted by Crippen LogP contribution is 2.22. The van der Waals surface area contributed by atoms with E-state index < -0.39 is 11.6 Å². The second-order valence-electron chi connectivity index (χ2n) is 3.41. The first kappa shape index (κ1) is 11.3. The first-order valence-corrected chi connectivity index (χ1v) is 4.78. The Morgan fingerprint density at radius 3 is 2.29 bits per heavy atom. The summed E-state index contributed by atoms with van der Waals surface area (Å²) in [6.45, 7) is 1.71. The fraction of sp³-hybridized carbons (Fsp3) is 0.0909. The Kier molecular flexibility index (Phi) is 2.86. The van der Waals surface area contributed by atoms with Crippen molar-refractivity contribution in [3.8, 4) is 11.6 Å². The zero-order valence-electron chi connectivity index (χ0n) is 8.95. The number of aryl methyl sites for hydroxylation is 1. The van der Waals surface area contributed by atoms with Gasteiger partial charge in [0.1, 0.15) is 17.4 Å². The minimum Gasteiger partial charge on any atom is -0.439 e. The molecule has 0 spiro atoms. The van der Waals surface area contributed by atoms with E-state index in [9.17, 15) is 8.78 Å². The van der Waals surface area contributed by atoms with Crippen LogP contribution in [0.5, 0.6) is 11.6 Å². The summed E-state index contributed by atoms with van der Waals surface area (Å²) in [4.78, 5) is 7.64. The molecule has 0 saturated heterocycles. The molecule has 0 atom stereocenters. The molecule has 0 bridgehead atoms. The maximum absolute atomic E-state index is 12.9. The Morgan fingerprint density at radius 1 is 1.06 bits per heavy atom. The monoisotopic (exact) mass is 237 g/mol. The minimum atomic E-state index is -0.723. The summed E-state index contributed by atoms with van der Waals surface area (Å²) >= 11 is 0. The van der Waals surface area contributed by atoms with Crippen molar-refractivity contribution in [2.24, 2.45) is 0 Å². The van der Waals surface area contributed by atoms with Gasteiger partial charge in [-0.25, -0.2) is 13.8 Å². The van der Waals surface area contributed by atoms with E-state index >= 15 is 0 Å². The number of ether oxygens (including phenoxy) is 1. The van der Waals surface area contributed by atoms with Crippen LogP contribution in [0.3, 0.4) is 0 Å². The molecule has 0 saturated carbocycles. The highest BCUT2D eigenvalue weighted by molar-refractivity contribution is 5.31. The number of nitrogens with zero attached hydrogens (tertiary/aromatic N) is 2. The lowest BCUT2D eigenvalue weighted by Gasteiger charge is -2.06. The number of hydrogen-bond acceptors (Lipinski definition) is 4. The molecule has 0 aliphatic carbocycles. The number of benzene rings is 1. The third-order valence-electron chi connectivity index (χ3n) is 1.91. The van der Waals surface area contributed by atoms with Crippen molar-refractivity contribution in [2.45, 2.75) is 6.92 Å². The maximum Gasteiger partial charge on any atom is 0.224 e. The smallest absolute Gasteiger partial charge is 0.224 e. The molecule has 1 aromatic heterocycles. The highest BCUT2D eigenvalue weighted by atomic mass is 19.1. The summed E-state index contributed by atoms with van der Waals surface area (Å²) in [5.74, 6) is -1.26. The van der Waals surface area contributed by atoms with Crippen molar-refractivity contribution in [1.29, 1.82) is 0 Å². The van der Waals surface area contributed by atoms with Gasteiger partial charge in [-0.15, -0.1) is 0 Å². The van der Waals surface area contributed by atoms with Gasteiger partial charge < -0.3 is 10.5 Å². The Bertz CT molecular complexity index is 470. The van der Waals surface area contributed by atoms with E-state index in [1.165, 1.54) is 6.07 Å². The Balaban J connectivity index is 2.31. The first-order chi connectivity index (χ1) is 8.02. The standard InChI is InChI=1S/C11H9F2N3O/c1-6-2-10(16-11(14)15-6)17-9-4-7(12)3-8(13)5-9/h2-5H,1H3,(H2,14,15,16). The van der Waals surface area contributed by atoms with Crippen LogP contribution in [0.25, 0.3) is 0 Å². The van der Waals surface area contributed by atoms with Gasteiger partial charge in [0.15, 0.2) is 0 Å². The van der Waals surface area contributed by atoms with Gasteiger partial charge in [0.05, 0.1) is 0 Å². The number of nitrogens with two attached hydrogens (primary N) is 1. The van der Waals surface area contributed by atoms with E-state index in [2.05, 4.69) is 9.97 Å². The van der Waals surface area contributed by atoms with Gasteiger partial charge in [0.25, 0.3) is 0 Å². The molecule has 0 amide bonds. The predicted molar refractivity (Wildman–Crippen MR) is 57.6 cm³/mol. The molecule has 0 aliphatic rings. The van der Waals surface area contributed by atoms with Crippen molar-refractivity contribution in [3.05, 3.63) is 41.6 Å². The molecule has 0 radical (unpaired) electrons. The molecule has 1 heterocycles. The van der Waals surface area contributed by atoms with Crippen molar-refractivity contribution in [1.82, 2.24) is 9.97 Å². The lowest BCUT2D eigenvalue weighted by Crippen LogP contribution is -1.99. The number of aromatic nitrogens is 2. The summed E-state index contributed by atoms with van der Waals surface area (Å²) in [7, 11) is 0. The molecule has 0 unspecified atom stereocenters. The molecule has 1 aromatic carbocycles. The number of anilines is 1. The molecule has 2 rings (SSSR count). The predicted octanol–water partition coefficient (Wildman–Crippen LogP) is 2.44. The molecular weight excluding hydrogens is 228 g/mol. The SMILES string of the molecule is Cc1cc(Oc2cc(F)cc(F)c2)nc(N)n1. The molecule has 88 valence electrons. The van der Waals surface area contributed by atoms with Crippen molar-refractivity contribution < 1.29 is 13.5 Å². The summed E-state index contributed by atoms with van der Waals surface area (Å²) < 4.78 is 31.0. The minimum absolute atomic E-state index is 0.0139. The van der Waals surface area contributed by atoms with Gasteiger partial charge in [-0.05, 0) is 6.92 Å². The van der Waals surface area contributed by atoms with Gasteiger partial charge in [-0.3, -0.25) is 0 Å². The quantitative estimate of drug-likeness (QED) is 0.871. The van der Waals surface area contributed by atoms with E-state index in [-0.39, 0.29) is 17.6 Å². The molecule has 6 heteroatoms. The lowest BCUT2D eigenvalue weighted by atomic mass is 10.3. The zero-order chi connectivity index (χ0) is 12.4. The normalized spacial score (nSPS) is 10.3. The van der Waals surface area contributed by atoms with E-state index in [1.54, 1.807) is 6.92 Å². The Morgan fingerprint density at radius 2 is 1.71 bits per heavy atom. The van der Waals surface area contributed by atoms with Crippen LogP contribution in [-0.2, 0) is 0 Å². The van der Waals surface area contributed by atoms with Gasteiger partial charge in [-0.1, -0.05) is 0 Å². The van der Waals surface area contributed by atoms with Gasteiger partial charge >= 0.3 is 0 Å². The van der Waals surface area contributed by atoms with Gasteiger partial charge in [0, 0.05) is 30.0 Å². The van der Waals surface area contributed by atoms with E-state index in [0.717, 1.165) is 18.2 Å². The lowest BCUT2D eigenvalue weighted by molar-refractivity contribution is 0.450. The number of rotatable bonds is 2. The number of nitrogen functional groups attached to an aromatic ring is 1. The molecular formula is C11H9F2N3O. The van der Waals surface area contributed by atoms with Gasteiger partial charge in [0.2, 0.25) is 11.8 Å². The molecule has 2 N–H and O–H groups in total. The third kappa shape index (κ3) is 2.87. The van der Waals surface area contributed by atoms with E-state index in [4.69, 9.17) is 10.5 Å². The van der Waals surface area contributed by atoms with Crippen LogP contribution in [0.1, 0.15) is 5.69 Å². The topological polar surface area (TPSA) is 61.0 Å². The van der Waals surface area contributed by atoms with Crippen LogP contribution >= 0.6 is 0 Å². The third-order valence-corrected chi connectivity index (χ3v) is 1.91. The number of halogens is 2. The average molecular weight is 237 g/mol. The summed E-state index contributed by atoms with van der Waals surface area (Å²) in [6, 6.07) is 4.37. The molecule has 4 nitrogen and oxygen atoms in total. The van der Waals surface area contributed by atoms with E-state index in [0.29, 0.717) is 5.69 Å². The van der Waals surface area contributed by atoms with Crippen molar-refractivity contribution >= 4 is 5.95 Å². The summed E-state index contributed by atoms with van der Waals surface area (Å²) in [5, 5.41) is 0. The maximum atomic E-state index is 12.9. The van der Waals surface area contributed by atoms with Crippen LogP contribution in [-0.4, -0.2) is 9.97 Å². The first-order valence-electron chi connectivity index (χ1n) is 4.78. The average Bonchev–Trinajstić information content (AvgIpc) is 2.13. The molecule has 0 fully saturated rings. The largest absolute Gasteiger partial charge is 0.439 e. The molecule has 0 aliphatic heterocycles. The van der Waals surface area contributed by atoms with Crippen LogP contribution in [0.4, 0.5) is 14.7 Å². The second kappa shape index (κ2) is 4.32. The highest BCUT2D eigenvalue weighted by Gasteiger charge is 2.05. The van der Waals surface area contributed by atoms with Crippen LogP contribution in [0.2, 0.25) is 0 Å². The van der Waals surface area contributed by atoms with Crippen LogP contribution < -0.4 is 10.5 Å². The Hall–Kier alpha value is -2.24. The van der Waals surface area contributed by atoms with Crippen molar-refractivity contribution in [2.75, 3.05) is 5.73 Å².